The van der Waals surface area contributed by atoms with Crippen LogP contribution in [0, 0.1) is 0 Å². The summed E-state index contributed by atoms with van der Waals surface area (Å²) in [5.41, 5.74) is 2.43. The lowest BCUT2D eigenvalue weighted by atomic mass is 9.95. The van der Waals surface area contributed by atoms with Crippen molar-refractivity contribution < 1.29 is 14.2 Å². The van der Waals surface area contributed by atoms with Crippen LogP contribution in [0.3, 0.4) is 0 Å². The molecule has 0 aromatic heterocycles. The molecule has 3 aliphatic heterocycles. The van der Waals surface area contributed by atoms with Gasteiger partial charge in [-0.1, -0.05) is 0 Å². The summed E-state index contributed by atoms with van der Waals surface area (Å²) in [5, 5.41) is 3.65. The Balaban J connectivity index is 1.48. The minimum atomic E-state index is 0.270. The molecule has 3 aliphatic rings. The van der Waals surface area contributed by atoms with Gasteiger partial charge in [0.1, 0.15) is 17.6 Å². The van der Waals surface area contributed by atoms with Crippen molar-refractivity contribution in [1.82, 2.24) is 5.32 Å². The van der Waals surface area contributed by atoms with E-state index in [-0.39, 0.29) is 6.10 Å². The van der Waals surface area contributed by atoms with E-state index in [0.29, 0.717) is 18.2 Å². The highest BCUT2D eigenvalue weighted by atomic mass is 16.5. The number of benzene rings is 1. The predicted octanol–water partition coefficient (Wildman–Crippen LogP) is 2.43. The molecule has 1 aromatic rings. The Bertz CT molecular complexity index is 545. The zero-order chi connectivity index (χ0) is 14.4. The van der Waals surface area contributed by atoms with Crippen LogP contribution in [0.4, 0.5) is 0 Å². The van der Waals surface area contributed by atoms with Crippen LogP contribution < -0.4 is 14.8 Å². The Morgan fingerprint density at radius 1 is 1.33 bits per heavy atom. The van der Waals surface area contributed by atoms with E-state index < -0.39 is 0 Å². The first-order valence-corrected chi connectivity index (χ1v) is 7.98. The molecule has 2 saturated heterocycles. The molecule has 0 aliphatic carbocycles. The molecule has 4 rings (SSSR count). The molecule has 0 amide bonds. The maximum Gasteiger partial charge on any atom is 0.123 e. The van der Waals surface area contributed by atoms with Gasteiger partial charge in [-0.15, -0.1) is 0 Å². The van der Waals surface area contributed by atoms with Crippen LogP contribution in [0.2, 0.25) is 0 Å². The van der Waals surface area contributed by atoms with Crippen molar-refractivity contribution in [2.75, 3.05) is 7.11 Å². The number of methoxy groups -OCH3 is 1. The summed E-state index contributed by atoms with van der Waals surface area (Å²) in [6, 6.07) is 4.76. The fraction of sp³-hybridized carbons (Fsp3) is 0.647. The third kappa shape index (κ3) is 2.40. The van der Waals surface area contributed by atoms with Gasteiger partial charge in [-0.3, -0.25) is 0 Å². The van der Waals surface area contributed by atoms with Crippen molar-refractivity contribution in [3.63, 3.8) is 0 Å². The van der Waals surface area contributed by atoms with Crippen LogP contribution in [0.15, 0.2) is 12.1 Å². The maximum atomic E-state index is 5.90. The van der Waals surface area contributed by atoms with Gasteiger partial charge in [-0.05, 0) is 38.3 Å². The molecule has 4 nitrogen and oxygen atoms in total. The fourth-order valence-electron chi connectivity index (χ4n) is 3.90. The van der Waals surface area contributed by atoms with Crippen molar-refractivity contribution in [3.8, 4) is 11.5 Å². The number of fused-ring (bicyclic) bond motifs is 3. The predicted molar refractivity (Wildman–Crippen MR) is 79.9 cm³/mol. The minimum Gasteiger partial charge on any atom is -0.496 e. The second-order valence-corrected chi connectivity index (χ2v) is 6.50. The fourth-order valence-corrected chi connectivity index (χ4v) is 3.90. The van der Waals surface area contributed by atoms with Crippen molar-refractivity contribution in [2.45, 2.75) is 63.5 Å². The molecule has 1 N–H and O–H groups in total. The van der Waals surface area contributed by atoms with Gasteiger partial charge in [0.15, 0.2) is 0 Å². The molecule has 2 fully saturated rings. The monoisotopic (exact) mass is 289 g/mol. The molecule has 4 atom stereocenters. The topological polar surface area (TPSA) is 39.7 Å². The quantitative estimate of drug-likeness (QED) is 0.924. The average Bonchev–Trinajstić information content (AvgIpc) is 3.17. The summed E-state index contributed by atoms with van der Waals surface area (Å²) in [7, 11) is 1.74. The lowest BCUT2D eigenvalue weighted by Crippen LogP contribution is -2.37. The minimum absolute atomic E-state index is 0.270. The summed E-state index contributed by atoms with van der Waals surface area (Å²) in [4.78, 5) is 0. The first-order valence-electron chi connectivity index (χ1n) is 7.98. The maximum absolute atomic E-state index is 5.90. The normalized spacial score (nSPS) is 33.0. The molecular weight excluding hydrogens is 266 g/mol. The van der Waals surface area contributed by atoms with E-state index in [1.165, 1.54) is 24.0 Å². The molecule has 0 radical (unpaired) electrons. The van der Waals surface area contributed by atoms with E-state index in [9.17, 15) is 0 Å². The molecule has 0 saturated carbocycles. The van der Waals surface area contributed by atoms with Crippen LogP contribution in [0.1, 0.15) is 37.3 Å². The van der Waals surface area contributed by atoms with E-state index in [1.807, 2.05) is 0 Å². The summed E-state index contributed by atoms with van der Waals surface area (Å²) in [6.07, 6.45) is 5.71. The Morgan fingerprint density at radius 2 is 2.24 bits per heavy atom. The zero-order valence-corrected chi connectivity index (χ0v) is 12.7. The van der Waals surface area contributed by atoms with E-state index in [4.69, 9.17) is 14.2 Å². The number of hydrogen-bond acceptors (Lipinski definition) is 4. The van der Waals surface area contributed by atoms with Crippen LogP contribution in [0.5, 0.6) is 11.5 Å². The van der Waals surface area contributed by atoms with Gasteiger partial charge in [-0.25, -0.2) is 0 Å². The summed E-state index contributed by atoms with van der Waals surface area (Å²) in [6.45, 7) is 2.92. The standard InChI is InChI=1S/C17H23NO3/c1-10-5-11-6-16(19-2)12(7-17(11)20-10)9-18-14-8-13-3-4-15(14)21-13/h6-7,10,13-15,18H,3-5,8-9H2,1-2H3. The largest absolute Gasteiger partial charge is 0.496 e. The summed E-state index contributed by atoms with van der Waals surface area (Å²) >= 11 is 0. The van der Waals surface area contributed by atoms with Gasteiger partial charge in [0, 0.05) is 30.1 Å². The van der Waals surface area contributed by atoms with Crippen LogP contribution in [-0.4, -0.2) is 31.5 Å². The van der Waals surface area contributed by atoms with Gasteiger partial charge >= 0.3 is 0 Å². The second kappa shape index (κ2) is 5.18. The molecule has 3 heterocycles. The van der Waals surface area contributed by atoms with Crippen molar-refractivity contribution >= 4 is 0 Å². The number of ether oxygens (including phenoxy) is 3. The van der Waals surface area contributed by atoms with Gasteiger partial charge < -0.3 is 19.5 Å². The first kappa shape index (κ1) is 13.4. The summed E-state index contributed by atoms with van der Waals surface area (Å²) < 4.78 is 17.3. The van der Waals surface area contributed by atoms with Crippen LogP contribution in [0.25, 0.3) is 0 Å². The molecule has 0 spiro atoms. The Labute approximate surface area is 125 Å². The zero-order valence-electron chi connectivity index (χ0n) is 12.7. The summed E-state index contributed by atoms with van der Waals surface area (Å²) in [5.74, 6) is 1.98. The Morgan fingerprint density at radius 3 is 2.95 bits per heavy atom. The van der Waals surface area contributed by atoms with Gasteiger partial charge in [-0.2, -0.15) is 0 Å². The Kier molecular flexibility index (Phi) is 3.31. The van der Waals surface area contributed by atoms with Crippen LogP contribution in [-0.2, 0) is 17.7 Å². The molecule has 21 heavy (non-hydrogen) atoms. The van der Waals surface area contributed by atoms with E-state index in [0.717, 1.165) is 30.9 Å². The van der Waals surface area contributed by atoms with E-state index in [2.05, 4.69) is 24.4 Å². The third-order valence-corrected chi connectivity index (χ3v) is 4.96. The smallest absolute Gasteiger partial charge is 0.123 e. The average molecular weight is 289 g/mol. The van der Waals surface area contributed by atoms with Crippen molar-refractivity contribution in [3.05, 3.63) is 23.3 Å². The molecule has 4 unspecified atom stereocenters. The Hall–Kier alpha value is -1.26. The third-order valence-electron chi connectivity index (χ3n) is 4.96. The molecule has 2 bridgehead atoms. The second-order valence-electron chi connectivity index (χ2n) is 6.50. The van der Waals surface area contributed by atoms with Gasteiger partial charge in [0.05, 0.1) is 19.3 Å². The van der Waals surface area contributed by atoms with E-state index in [1.54, 1.807) is 7.11 Å². The molecule has 114 valence electrons. The lowest BCUT2D eigenvalue weighted by molar-refractivity contribution is 0.0972. The van der Waals surface area contributed by atoms with E-state index >= 15 is 0 Å². The van der Waals surface area contributed by atoms with Gasteiger partial charge in [0.2, 0.25) is 0 Å². The van der Waals surface area contributed by atoms with Crippen molar-refractivity contribution in [1.29, 1.82) is 0 Å². The number of nitrogens with one attached hydrogen (secondary N) is 1. The number of hydrogen-bond donors (Lipinski definition) is 1. The van der Waals surface area contributed by atoms with Gasteiger partial charge in [0.25, 0.3) is 0 Å². The highest BCUT2D eigenvalue weighted by Gasteiger charge is 2.40. The number of rotatable bonds is 4. The van der Waals surface area contributed by atoms with Crippen molar-refractivity contribution in [2.24, 2.45) is 0 Å². The molecular formula is C17H23NO3. The van der Waals surface area contributed by atoms with Crippen LogP contribution >= 0.6 is 0 Å². The molecule has 4 heteroatoms. The highest BCUT2D eigenvalue weighted by molar-refractivity contribution is 5.48. The molecule has 1 aromatic carbocycles. The lowest BCUT2D eigenvalue weighted by Gasteiger charge is -2.21. The highest BCUT2D eigenvalue weighted by Crippen LogP contribution is 2.37. The SMILES string of the molecule is COc1cc2c(cc1CNC1CC3CCC1O3)OC(C)C2. The first-order chi connectivity index (χ1) is 10.2.